The number of amides is 2. The fraction of sp³-hybridized carbons (Fsp3) is 0.333. The average molecular weight is 389 g/mol. The first-order valence-electron chi connectivity index (χ1n) is 10.4. The first-order valence-corrected chi connectivity index (χ1v) is 10.4. The summed E-state index contributed by atoms with van der Waals surface area (Å²) in [6.07, 6.45) is 3.80. The number of piperidine rings is 1. The number of benzene rings is 2. The minimum Gasteiger partial charge on any atom is -0.358 e. The van der Waals surface area contributed by atoms with Gasteiger partial charge in [0.2, 0.25) is 5.91 Å². The largest absolute Gasteiger partial charge is 0.358 e. The molecule has 0 aliphatic carbocycles. The molecular weight excluding hydrogens is 362 g/mol. The van der Waals surface area contributed by atoms with Gasteiger partial charge < -0.3 is 9.88 Å². The van der Waals surface area contributed by atoms with Crippen LogP contribution in [-0.2, 0) is 11.2 Å². The van der Waals surface area contributed by atoms with E-state index in [0.29, 0.717) is 12.0 Å². The SMILES string of the molecule is CCC(=O)NC(=O)c1ccc2[nH]c(N3CCC(Cc4ccccc4)CC3)cc2c1. The van der Waals surface area contributed by atoms with Crippen LogP contribution in [0.1, 0.15) is 42.1 Å². The van der Waals surface area contributed by atoms with Crippen LogP contribution in [0, 0.1) is 5.92 Å². The topological polar surface area (TPSA) is 65.2 Å². The van der Waals surface area contributed by atoms with Crippen molar-refractivity contribution >= 4 is 28.5 Å². The minimum atomic E-state index is -0.344. The van der Waals surface area contributed by atoms with Gasteiger partial charge in [-0.15, -0.1) is 0 Å². The van der Waals surface area contributed by atoms with Crippen molar-refractivity contribution in [1.29, 1.82) is 0 Å². The van der Waals surface area contributed by atoms with Crippen molar-refractivity contribution in [2.24, 2.45) is 5.92 Å². The Morgan fingerprint density at radius 3 is 2.55 bits per heavy atom. The van der Waals surface area contributed by atoms with Crippen molar-refractivity contribution in [3.63, 3.8) is 0 Å². The molecule has 29 heavy (non-hydrogen) atoms. The van der Waals surface area contributed by atoms with E-state index >= 15 is 0 Å². The smallest absolute Gasteiger partial charge is 0.257 e. The number of aromatic nitrogens is 1. The first-order chi connectivity index (χ1) is 14.1. The molecule has 4 rings (SSSR count). The molecule has 2 N–H and O–H groups in total. The number of carbonyl (C=O) groups is 2. The number of anilines is 1. The summed E-state index contributed by atoms with van der Waals surface area (Å²) in [7, 11) is 0. The van der Waals surface area contributed by atoms with Crippen LogP contribution in [0.15, 0.2) is 54.6 Å². The molecule has 0 unspecified atom stereocenters. The summed E-state index contributed by atoms with van der Waals surface area (Å²) in [5, 5.41) is 3.40. The highest BCUT2D eigenvalue weighted by molar-refractivity contribution is 6.06. The molecule has 2 heterocycles. The lowest BCUT2D eigenvalue weighted by molar-refractivity contribution is -0.119. The van der Waals surface area contributed by atoms with Crippen molar-refractivity contribution in [3.05, 3.63) is 65.7 Å². The second-order valence-corrected chi connectivity index (χ2v) is 7.81. The summed E-state index contributed by atoms with van der Waals surface area (Å²) in [5.41, 5.74) is 2.93. The van der Waals surface area contributed by atoms with Gasteiger partial charge in [-0.25, -0.2) is 0 Å². The van der Waals surface area contributed by atoms with Gasteiger partial charge in [-0.2, -0.15) is 0 Å². The Morgan fingerprint density at radius 2 is 1.83 bits per heavy atom. The van der Waals surface area contributed by atoms with E-state index in [1.54, 1.807) is 13.0 Å². The molecule has 1 fully saturated rings. The average Bonchev–Trinajstić information content (AvgIpc) is 3.18. The number of hydrogen-bond donors (Lipinski definition) is 2. The molecular formula is C24H27N3O2. The van der Waals surface area contributed by atoms with Crippen LogP contribution in [-0.4, -0.2) is 29.9 Å². The number of hydrogen-bond acceptors (Lipinski definition) is 3. The number of imide groups is 1. The fourth-order valence-corrected chi connectivity index (χ4v) is 4.04. The van der Waals surface area contributed by atoms with Crippen molar-refractivity contribution in [3.8, 4) is 0 Å². The summed E-state index contributed by atoms with van der Waals surface area (Å²) in [5.74, 6) is 1.22. The van der Waals surface area contributed by atoms with Gasteiger partial charge in [0.25, 0.3) is 5.91 Å². The number of H-pyrrole nitrogens is 1. The van der Waals surface area contributed by atoms with Crippen LogP contribution in [0.4, 0.5) is 5.82 Å². The van der Waals surface area contributed by atoms with Crippen LogP contribution in [0.25, 0.3) is 10.9 Å². The molecule has 5 nitrogen and oxygen atoms in total. The molecule has 0 spiro atoms. The van der Waals surface area contributed by atoms with E-state index in [4.69, 9.17) is 0 Å². The second-order valence-electron chi connectivity index (χ2n) is 7.81. The Labute approximate surface area is 171 Å². The van der Waals surface area contributed by atoms with Crippen LogP contribution in [0.5, 0.6) is 0 Å². The van der Waals surface area contributed by atoms with Gasteiger partial charge in [-0.05, 0) is 55.0 Å². The third-order valence-corrected chi connectivity index (χ3v) is 5.77. The van der Waals surface area contributed by atoms with Crippen LogP contribution in [0.3, 0.4) is 0 Å². The zero-order valence-corrected chi connectivity index (χ0v) is 16.8. The number of nitrogens with one attached hydrogen (secondary N) is 2. The second kappa shape index (κ2) is 8.52. The molecule has 1 aromatic heterocycles. The maximum Gasteiger partial charge on any atom is 0.257 e. The van der Waals surface area contributed by atoms with Crippen molar-refractivity contribution < 1.29 is 9.59 Å². The Kier molecular flexibility index (Phi) is 5.65. The lowest BCUT2D eigenvalue weighted by atomic mass is 9.90. The van der Waals surface area contributed by atoms with Gasteiger partial charge in [0, 0.05) is 36.0 Å². The summed E-state index contributed by atoms with van der Waals surface area (Å²) < 4.78 is 0. The number of aromatic amines is 1. The lowest BCUT2D eigenvalue weighted by Gasteiger charge is -2.32. The Morgan fingerprint density at radius 1 is 1.07 bits per heavy atom. The summed E-state index contributed by atoms with van der Waals surface area (Å²) >= 11 is 0. The predicted molar refractivity (Wildman–Crippen MR) is 116 cm³/mol. The molecule has 2 amide bonds. The van der Waals surface area contributed by atoms with Gasteiger partial charge in [-0.3, -0.25) is 14.9 Å². The molecule has 0 bridgehead atoms. The first kappa shape index (κ1) is 19.2. The zero-order valence-electron chi connectivity index (χ0n) is 16.8. The molecule has 150 valence electrons. The third-order valence-electron chi connectivity index (χ3n) is 5.77. The van der Waals surface area contributed by atoms with E-state index < -0.39 is 0 Å². The van der Waals surface area contributed by atoms with Crippen LogP contribution in [0.2, 0.25) is 0 Å². The van der Waals surface area contributed by atoms with Gasteiger partial charge in [0.1, 0.15) is 5.82 Å². The number of carbonyl (C=O) groups excluding carboxylic acids is 2. The van der Waals surface area contributed by atoms with Gasteiger partial charge >= 0.3 is 0 Å². The van der Waals surface area contributed by atoms with Crippen molar-refractivity contribution in [2.45, 2.75) is 32.6 Å². The summed E-state index contributed by atoms with van der Waals surface area (Å²) in [6.45, 7) is 3.79. The van der Waals surface area contributed by atoms with Gasteiger partial charge in [-0.1, -0.05) is 37.3 Å². The highest BCUT2D eigenvalue weighted by atomic mass is 16.2. The molecule has 3 aromatic rings. The van der Waals surface area contributed by atoms with Crippen LogP contribution < -0.4 is 10.2 Å². The normalized spacial score (nSPS) is 14.9. The molecule has 5 heteroatoms. The minimum absolute atomic E-state index is 0.261. The van der Waals surface area contributed by atoms with E-state index in [0.717, 1.165) is 42.1 Å². The Balaban J connectivity index is 1.41. The summed E-state index contributed by atoms with van der Waals surface area (Å²) in [4.78, 5) is 29.5. The number of rotatable bonds is 5. The van der Waals surface area contributed by atoms with E-state index in [2.05, 4.69) is 51.6 Å². The summed E-state index contributed by atoms with van der Waals surface area (Å²) in [6, 6.07) is 18.3. The molecule has 1 aliphatic heterocycles. The highest BCUT2D eigenvalue weighted by Crippen LogP contribution is 2.28. The fourth-order valence-electron chi connectivity index (χ4n) is 4.04. The van der Waals surface area contributed by atoms with Crippen molar-refractivity contribution in [1.82, 2.24) is 10.3 Å². The third kappa shape index (κ3) is 4.50. The number of fused-ring (bicyclic) bond motifs is 1. The standard InChI is InChI=1S/C24H27N3O2/c1-2-23(28)26-24(29)19-8-9-21-20(15-19)16-22(25-21)27-12-10-18(11-13-27)14-17-6-4-3-5-7-17/h3-9,15-16,18,25H,2,10-14H2,1H3,(H,26,28,29). The Hall–Kier alpha value is -3.08. The zero-order chi connectivity index (χ0) is 20.2. The van der Waals surface area contributed by atoms with E-state index in [-0.39, 0.29) is 11.8 Å². The lowest BCUT2D eigenvalue weighted by Crippen LogP contribution is -2.34. The van der Waals surface area contributed by atoms with Gasteiger partial charge in [0.15, 0.2) is 0 Å². The van der Waals surface area contributed by atoms with Gasteiger partial charge in [0.05, 0.1) is 0 Å². The maximum absolute atomic E-state index is 12.2. The quantitative estimate of drug-likeness (QED) is 0.684. The highest BCUT2D eigenvalue weighted by Gasteiger charge is 2.21. The van der Waals surface area contributed by atoms with E-state index in [1.165, 1.54) is 18.4 Å². The molecule has 0 atom stereocenters. The predicted octanol–water partition coefficient (Wildman–Crippen LogP) is 4.29. The molecule has 0 saturated carbocycles. The Bertz CT molecular complexity index is 1000. The molecule has 0 radical (unpaired) electrons. The maximum atomic E-state index is 12.2. The van der Waals surface area contributed by atoms with Crippen molar-refractivity contribution in [2.75, 3.05) is 18.0 Å². The monoisotopic (exact) mass is 389 g/mol. The van der Waals surface area contributed by atoms with Crippen LogP contribution >= 0.6 is 0 Å². The molecule has 1 aliphatic rings. The molecule has 2 aromatic carbocycles. The van der Waals surface area contributed by atoms with E-state index in [1.807, 2.05) is 12.1 Å². The number of nitrogens with zero attached hydrogens (tertiary/aromatic N) is 1. The van der Waals surface area contributed by atoms with E-state index in [9.17, 15) is 9.59 Å². The molecule has 1 saturated heterocycles.